The van der Waals surface area contributed by atoms with Crippen LogP contribution in [0.25, 0.3) is 0 Å². The average molecular weight is 736 g/mol. The Labute approximate surface area is 307 Å². The largest absolute Gasteiger partial charge is 0.490 e. The van der Waals surface area contributed by atoms with E-state index in [0.29, 0.717) is 49.9 Å². The Kier molecular flexibility index (Phi) is 9.51. The Bertz CT molecular complexity index is 1840. The Morgan fingerprint density at radius 3 is 2.76 bits per heavy atom. The summed E-state index contributed by atoms with van der Waals surface area (Å²) < 4.78 is 40.1. The first-order chi connectivity index (χ1) is 24.6. The number of carbonyl (C=O) groups excluding carboxylic acids is 2. The molecule has 274 valence electrons. The molecule has 0 aromatic heterocycles. The number of hydrogen-bond acceptors (Lipinski definition) is 7. The monoisotopic (exact) mass is 735 g/mol. The summed E-state index contributed by atoms with van der Waals surface area (Å²) in [5.41, 5.74) is 3.55. The van der Waals surface area contributed by atoms with Crippen LogP contribution in [0.4, 0.5) is 5.69 Å². The first-order valence-corrected chi connectivity index (χ1v) is 20.8. The van der Waals surface area contributed by atoms with Crippen LogP contribution in [0, 0.1) is 29.1 Å². The van der Waals surface area contributed by atoms with E-state index in [1.54, 1.807) is 13.2 Å². The fourth-order valence-corrected chi connectivity index (χ4v) is 11.9. The van der Waals surface area contributed by atoms with Crippen LogP contribution in [0.5, 0.6) is 5.75 Å². The lowest BCUT2D eigenvalue weighted by Crippen LogP contribution is -2.49. The van der Waals surface area contributed by atoms with E-state index in [2.05, 4.69) is 38.3 Å². The zero-order valence-electron chi connectivity index (χ0n) is 29.7. The van der Waals surface area contributed by atoms with Crippen LogP contribution in [0.2, 0.25) is 5.02 Å². The number of halogens is 1. The maximum Gasteiger partial charge on any atom is 0.286 e. The standard InChI is InChI=1S/C40H50ClN3O6S/c1-26-5-3-7-35(48-2)32-11-8-29(32)21-44-23-40(14-4-6-27-17-31(41)10-12-33(27)40)25-50-36-13-9-28(18-34(36)44)37(45)42-51(47,22-26)43-38(46)30-19-39(20-30)15-16-49-24-39/h3,7,9-10,12-13,17-18,26,29-30,32,35H,4-6,8,11,14-16,19-25H2,1-2H3,(H,42,43,45,46,47)/b7-3+/t26-,29-,30?,32+,35-,39?,40-,51-/m0/s1. The Hall–Kier alpha value is -2.92. The van der Waals surface area contributed by atoms with Gasteiger partial charge in [0.2, 0.25) is 5.91 Å². The molecule has 9 nitrogen and oxygen atoms in total. The maximum absolute atomic E-state index is 14.6. The van der Waals surface area contributed by atoms with Gasteiger partial charge >= 0.3 is 0 Å². The third kappa shape index (κ3) is 6.86. The molecule has 2 aromatic carbocycles. The quantitative estimate of drug-likeness (QED) is 0.342. The maximum atomic E-state index is 14.6. The van der Waals surface area contributed by atoms with Crippen molar-refractivity contribution in [2.75, 3.05) is 50.7 Å². The predicted molar refractivity (Wildman–Crippen MR) is 199 cm³/mol. The molecular formula is C40H50ClN3O6S. The molecule has 6 aliphatic rings. The summed E-state index contributed by atoms with van der Waals surface area (Å²) in [7, 11) is -1.65. The van der Waals surface area contributed by atoms with E-state index in [4.69, 9.17) is 25.8 Å². The van der Waals surface area contributed by atoms with Crippen molar-refractivity contribution in [2.45, 2.75) is 76.2 Å². The van der Waals surface area contributed by atoms with E-state index in [1.165, 1.54) is 11.1 Å². The predicted octanol–water partition coefficient (Wildman–Crippen LogP) is 6.91. The number of amides is 2. The fourth-order valence-electron chi connectivity index (χ4n) is 9.75. The summed E-state index contributed by atoms with van der Waals surface area (Å²) in [6.45, 7) is 5.43. The van der Waals surface area contributed by atoms with Gasteiger partial charge in [-0.3, -0.25) is 14.3 Å². The van der Waals surface area contributed by atoms with E-state index < -0.39 is 15.8 Å². The van der Waals surface area contributed by atoms with Gasteiger partial charge in [-0.25, -0.2) is 4.21 Å². The van der Waals surface area contributed by atoms with Crippen LogP contribution in [0.3, 0.4) is 0 Å². The van der Waals surface area contributed by atoms with Gasteiger partial charge in [0.25, 0.3) is 5.91 Å². The minimum absolute atomic E-state index is 0.0368. The van der Waals surface area contributed by atoms with Gasteiger partial charge in [-0.1, -0.05) is 36.7 Å². The van der Waals surface area contributed by atoms with Gasteiger partial charge in [-0.15, -0.1) is 4.36 Å². The van der Waals surface area contributed by atoms with Gasteiger partial charge in [-0.05, 0) is 122 Å². The third-order valence-electron chi connectivity index (χ3n) is 12.7. The van der Waals surface area contributed by atoms with Gasteiger partial charge in [0.1, 0.15) is 15.7 Å². The lowest BCUT2D eigenvalue weighted by molar-refractivity contribution is -0.130. The smallest absolute Gasteiger partial charge is 0.286 e. The minimum Gasteiger partial charge on any atom is -0.490 e. The second kappa shape index (κ2) is 13.8. The van der Waals surface area contributed by atoms with E-state index in [1.807, 2.05) is 25.1 Å². The summed E-state index contributed by atoms with van der Waals surface area (Å²) in [6.07, 6.45) is 12.4. The number of nitrogens with zero attached hydrogens (tertiary/aromatic N) is 2. The second-order valence-corrected chi connectivity index (χ2v) is 18.8. The molecule has 2 bridgehead atoms. The van der Waals surface area contributed by atoms with Crippen LogP contribution >= 0.6 is 11.6 Å². The van der Waals surface area contributed by atoms with Gasteiger partial charge in [0.05, 0.1) is 30.8 Å². The fraction of sp³-hybridized carbons (Fsp3) is 0.600. The molecule has 0 unspecified atom stereocenters. The van der Waals surface area contributed by atoms with Crippen LogP contribution in [0.15, 0.2) is 52.9 Å². The molecule has 2 amide bonds. The molecule has 3 aliphatic carbocycles. The van der Waals surface area contributed by atoms with Crippen molar-refractivity contribution >= 4 is 39.0 Å². The molecule has 3 aliphatic heterocycles. The van der Waals surface area contributed by atoms with Crippen molar-refractivity contribution in [3.05, 3.63) is 70.3 Å². The lowest BCUT2D eigenvalue weighted by atomic mass is 9.61. The third-order valence-corrected chi connectivity index (χ3v) is 14.9. The highest BCUT2D eigenvalue weighted by Gasteiger charge is 2.50. The number of benzene rings is 2. The van der Waals surface area contributed by atoms with Crippen molar-refractivity contribution in [3.8, 4) is 5.75 Å². The van der Waals surface area contributed by atoms with E-state index in [9.17, 15) is 13.8 Å². The van der Waals surface area contributed by atoms with Gasteiger partial charge < -0.3 is 19.1 Å². The number of methoxy groups -OCH3 is 1. The van der Waals surface area contributed by atoms with Crippen LogP contribution in [-0.2, 0) is 36.0 Å². The minimum atomic E-state index is -3.42. The number of fused-ring (bicyclic) bond motifs is 4. The van der Waals surface area contributed by atoms with Gasteiger partial charge in [0, 0.05) is 48.7 Å². The molecule has 3 fully saturated rings. The topological polar surface area (TPSA) is 107 Å². The van der Waals surface area contributed by atoms with Crippen LogP contribution in [-0.4, -0.2) is 67.9 Å². The number of nitrogens with one attached hydrogen (secondary N) is 1. The Morgan fingerprint density at radius 2 is 2.00 bits per heavy atom. The molecule has 3 heterocycles. The summed E-state index contributed by atoms with van der Waals surface area (Å²) in [6, 6.07) is 11.7. The summed E-state index contributed by atoms with van der Waals surface area (Å²) in [5.74, 6) is 0.329. The summed E-state index contributed by atoms with van der Waals surface area (Å²) in [4.78, 5) is 30.0. The van der Waals surface area contributed by atoms with Crippen molar-refractivity contribution in [3.63, 3.8) is 0 Å². The van der Waals surface area contributed by atoms with Crippen LogP contribution in [0.1, 0.15) is 79.8 Å². The SMILES string of the molecule is CO[C@H]1/C=C/C[C@H](C)C[S@@](=O)(NC(=O)C2CC3(CCOC3)C2)=NC(=O)c2ccc3c(c2)N(C[C@@H]2CC[C@H]21)C[C@@]1(CCCc2cc(Cl)ccc21)CO3. The molecule has 1 N–H and O–H groups in total. The highest BCUT2D eigenvalue weighted by Crippen LogP contribution is 2.51. The average Bonchev–Trinajstić information content (AvgIpc) is 3.52. The zero-order chi connectivity index (χ0) is 35.4. The van der Waals surface area contributed by atoms with E-state index >= 15 is 0 Å². The van der Waals surface area contributed by atoms with E-state index in [0.717, 1.165) is 74.7 Å². The zero-order valence-corrected chi connectivity index (χ0v) is 31.3. The molecule has 2 saturated carbocycles. The Morgan fingerprint density at radius 1 is 1.14 bits per heavy atom. The summed E-state index contributed by atoms with van der Waals surface area (Å²) >= 11 is 6.46. The number of ether oxygens (including phenoxy) is 3. The number of carbonyl (C=O) groups is 2. The highest BCUT2D eigenvalue weighted by atomic mass is 35.5. The lowest BCUT2D eigenvalue weighted by Gasteiger charge is -2.46. The number of allylic oxidation sites excluding steroid dienone is 1. The molecule has 11 heteroatoms. The molecule has 1 saturated heterocycles. The Balaban J connectivity index is 1.16. The van der Waals surface area contributed by atoms with Crippen molar-refractivity contribution in [2.24, 2.45) is 33.4 Å². The van der Waals surface area contributed by atoms with E-state index in [-0.39, 0.29) is 40.4 Å². The number of aryl methyl sites for hydroxylation is 1. The highest BCUT2D eigenvalue weighted by molar-refractivity contribution is 7.92. The summed E-state index contributed by atoms with van der Waals surface area (Å²) in [5, 5.41) is 0.749. The normalized spacial score (nSPS) is 36.8. The first kappa shape index (κ1) is 35.1. The molecule has 6 atom stereocenters. The number of rotatable bonds is 3. The molecule has 51 heavy (non-hydrogen) atoms. The second-order valence-electron chi connectivity index (χ2n) is 16.3. The number of anilines is 1. The molecule has 0 radical (unpaired) electrons. The van der Waals surface area contributed by atoms with Crippen LogP contribution < -0.4 is 14.4 Å². The molecule has 2 spiro atoms. The molecule has 8 rings (SSSR count). The van der Waals surface area contributed by atoms with Gasteiger partial charge in [-0.2, -0.15) is 0 Å². The van der Waals surface area contributed by atoms with Crippen molar-refractivity contribution in [1.29, 1.82) is 0 Å². The van der Waals surface area contributed by atoms with Crippen molar-refractivity contribution in [1.82, 2.24) is 4.72 Å². The first-order valence-electron chi connectivity index (χ1n) is 18.8. The van der Waals surface area contributed by atoms with Gasteiger partial charge in [0.15, 0.2) is 0 Å². The molecule has 2 aromatic rings. The number of hydrogen-bond donors (Lipinski definition) is 1. The molecular weight excluding hydrogens is 686 g/mol. The van der Waals surface area contributed by atoms with Crippen molar-refractivity contribution < 1.29 is 28.0 Å².